The second kappa shape index (κ2) is 11.1. The number of thiophene rings is 1. The van der Waals surface area contributed by atoms with Gasteiger partial charge in [0.1, 0.15) is 0 Å². The van der Waals surface area contributed by atoms with Crippen molar-refractivity contribution in [2.24, 2.45) is 0 Å². The number of rotatable bonds is 3. The summed E-state index contributed by atoms with van der Waals surface area (Å²) in [5, 5.41) is 15.7. The van der Waals surface area contributed by atoms with Crippen LogP contribution in [0.25, 0.3) is 107 Å². The van der Waals surface area contributed by atoms with Gasteiger partial charge < -0.3 is 0 Å². The fourth-order valence-electron chi connectivity index (χ4n) is 8.56. The molecule has 1 heterocycles. The highest BCUT2D eigenvalue weighted by atomic mass is 32.1. The molecule has 10 aromatic carbocycles. The van der Waals surface area contributed by atoms with E-state index < -0.39 is 0 Å². The third-order valence-electron chi connectivity index (χ3n) is 10.8. The van der Waals surface area contributed by atoms with E-state index in [1.54, 1.807) is 0 Å². The molecule has 0 N–H and O–H groups in total. The first-order valence-corrected chi connectivity index (χ1v) is 18.4. The van der Waals surface area contributed by atoms with Crippen molar-refractivity contribution < 1.29 is 0 Å². The summed E-state index contributed by atoms with van der Waals surface area (Å²) in [5.74, 6) is 0. The quantitative estimate of drug-likeness (QED) is 0.130. The minimum Gasteiger partial charge on any atom is -0.135 e. The summed E-state index contributed by atoms with van der Waals surface area (Å²) in [7, 11) is 0. The summed E-state index contributed by atoms with van der Waals surface area (Å²) < 4.78 is 2.65. The molecule has 0 amide bonds. The molecule has 0 radical (unpaired) electrons. The zero-order valence-corrected chi connectivity index (χ0v) is 28.5. The van der Waals surface area contributed by atoms with E-state index >= 15 is 0 Å². The molecule has 11 rings (SSSR count). The van der Waals surface area contributed by atoms with Crippen LogP contribution in [0.4, 0.5) is 0 Å². The van der Waals surface area contributed by atoms with Crippen LogP contribution in [0.3, 0.4) is 0 Å². The average Bonchev–Trinajstić information content (AvgIpc) is 3.56. The lowest BCUT2D eigenvalue weighted by molar-refractivity contribution is 1.61. The topological polar surface area (TPSA) is 0 Å². The largest absolute Gasteiger partial charge is 0.135 e. The predicted octanol–water partition coefficient (Wildman–Crippen LogP) is 14.8. The van der Waals surface area contributed by atoms with E-state index in [0.29, 0.717) is 0 Å². The summed E-state index contributed by atoms with van der Waals surface area (Å²) in [5.41, 5.74) is 7.53. The molecule has 0 aliphatic rings. The van der Waals surface area contributed by atoms with Crippen LogP contribution in [-0.2, 0) is 0 Å². The summed E-state index contributed by atoms with van der Waals surface area (Å²) in [6.07, 6.45) is 0. The van der Waals surface area contributed by atoms with Crippen LogP contribution in [0, 0.1) is 0 Å². The maximum absolute atomic E-state index is 2.46. The average molecular weight is 663 g/mol. The van der Waals surface area contributed by atoms with Crippen molar-refractivity contribution in [1.82, 2.24) is 0 Å². The molecule has 0 bridgehead atoms. The number of benzene rings is 10. The summed E-state index contributed by atoms with van der Waals surface area (Å²) in [4.78, 5) is 0. The van der Waals surface area contributed by atoms with E-state index in [2.05, 4.69) is 182 Å². The fraction of sp³-hybridized carbons (Fsp3) is 0. The van der Waals surface area contributed by atoms with Crippen molar-refractivity contribution in [3.05, 3.63) is 182 Å². The second-order valence-electron chi connectivity index (χ2n) is 13.6. The van der Waals surface area contributed by atoms with Crippen LogP contribution in [-0.4, -0.2) is 0 Å². The van der Waals surface area contributed by atoms with Gasteiger partial charge in [0, 0.05) is 20.2 Å². The predicted molar refractivity (Wildman–Crippen MR) is 223 cm³/mol. The van der Waals surface area contributed by atoms with Gasteiger partial charge in [0.25, 0.3) is 0 Å². The van der Waals surface area contributed by atoms with Crippen molar-refractivity contribution >= 4 is 85.4 Å². The minimum absolute atomic E-state index is 1.23. The van der Waals surface area contributed by atoms with E-state index in [0.717, 1.165) is 0 Å². The van der Waals surface area contributed by atoms with Gasteiger partial charge in [-0.05, 0) is 118 Å². The lowest BCUT2D eigenvalue weighted by atomic mass is 9.85. The number of hydrogen-bond donors (Lipinski definition) is 0. The van der Waals surface area contributed by atoms with Crippen molar-refractivity contribution in [3.8, 4) is 33.4 Å². The van der Waals surface area contributed by atoms with Gasteiger partial charge in [0.2, 0.25) is 0 Å². The molecule has 51 heavy (non-hydrogen) atoms. The van der Waals surface area contributed by atoms with Gasteiger partial charge in [-0.2, -0.15) is 0 Å². The maximum Gasteiger partial charge on any atom is 0.0362 e. The molecule has 0 aliphatic heterocycles. The molecule has 0 unspecified atom stereocenters. The van der Waals surface area contributed by atoms with Crippen LogP contribution in [0.5, 0.6) is 0 Å². The molecule has 0 saturated carbocycles. The Morgan fingerprint density at radius 1 is 0.216 bits per heavy atom. The molecule has 0 nitrogen and oxygen atoms in total. The van der Waals surface area contributed by atoms with E-state index in [-0.39, 0.29) is 0 Å². The van der Waals surface area contributed by atoms with E-state index in [4.69, 9.17) is 0 Å². The monoisotopic (exact) mass is 662 g/mol. The number of hydrogen-bond acceptors (Lipinski definition) is 1. The van der Waals surface area contributed by atoms with Crippen LogP contribution >= 0.6 is 11.3 Å². The van der Waals surface area contributed by atoms with E-state index in [1.807, 2.05) is 11.3 Å². The summed E-state index contributed by atoms with van der Waals surface area (Å²) >= 11 is 1.90. The normalized spacial score (nSPS) is 11.9. The second-order valence-corrected chi connectivity index (χ2v) is 14.7. The van der Waals surface area contributed by atoms with Crippen molar-refractivity contribution in [2.75, 3.05) is 0 Å². The number of fused-ring (bicyclic) bond motifs is 11. The molecule has 236 valence electrons. The standard InChI is InChI=1S/C50H30S/c1-2-13-31(14-3-1)32-15-12-16-33(27-32)49-39-21-8-10-23-41(39)50(42-24-11-9-22-40(42)49)34-25-26-47-45(28-34)46-29-43-37-19-6-4-17-35(37)36-18-5-7-20-38(36)44(43)30-48(46)51-47/h1-30H. The first-order valence-electron chi connectivity index (χ1n) is 17.6. The molecule has 0 aliphatic carbocycles. The smallest absolute Gasteiger partial charge is 0.0362 e. The van der Waals surface area contributed by atoms with Crippen molar-refractivity contribution in [1.29, 1.82) is 0 Å². The Balaban J connectivity index is 1.18. The van der Waals surface area contributed by atoms with Gasteiger partial charge in [-0.1, -0.05) is 152 Å². The zero-order chi connectivity index (χ0) is 33.5. The molecular formula is C50H30S. The molecular weight excluding hydrogens is 633 g/mol. The molecule has 0 spiro atoms. The summed E-state index contributed by atoms with van der Waals surface area (Å²) in [6.45, 7) is 0. The third-order valence-corrected chi connectivity index (χ3v) is 11.9. The van der Waals surface area contributed by atoms with Crippen molar-refractivity contribution in [3.63, 3.8) is 0 Å². The minimum atomic E-state index is 1.23. The molecule has 1 aromatic heterocycles. The Kier molecular flexibility index (Phi) is 6.22. The lowest BCUT2D eigenvalue weighted by Gasteiger charge is -2.18. The van der Waals surface area contributed by atoms with Crippen LogP contribution in [0.2, 0.25) is 0 Å². The molecule has 11 aromatic rings. The SMILES string of the molecule is c1ccc(-c2cccc(-c3c4ccccc4c(-c4ccc5sc6cc7c8ccccc8c8ccccc8c7cc6c5c4)c4ccccc34)c2)cc1. The third kappa shape index (κ3) is 4.32. The Morgan fingerprint density at radius 2 is 0.647 bits per heavy atom. The van der Waals surface area contributed by atoms with Crippen LogP contribution in [0.15, 0.2) is 182 Å². The van der Waals surface area contributed by atoms with Crippen molar-refractivity contribution in [2.45, 2.75) is 0 Å². The lowest BCUT2D eigenvalue weighted by Crippen LogP contribution is -1.91. The highest BCUT2D eigenvalue weighted by molar-refractivity contribution is 7.25. The zero-order valence-electron chi connectivity index (χ0n) is 27.7. The van der Waals surface area contributed by atoms with E-state index in [9.17, 15) is 0 Å². The van der Waals surface area contributed by atoms with Gasteiger partial charge in [-0.3, -0.25) is 0 Å². The Bertz CT molecular complexity index is 3130. The maximum atomic E-state index is 2.46. The molecule has 0 atom stereocenters. The van der Waals surface area contributed by atoms with Gasteiger partial charge in [-0.25, -0.2) is 0 Å². The fourth-order valence-corrected chi connectivity index (χ4v) is 9.67. The van der Waals surface area contributed by atoms with Gasteiger partial charge >= 0.3 is 0 Å². The molecule has 0 fully saturated rings. The van der Waals surface area contributed by atoms with Crippen LogP contribution < -0.4 is 0 Å². The van der Waals surface area contributed by atoms with Gasteiger partial charge in [-0.15, -0.1) is 11.3 Å². The van der Waals surface area contributed by atoms with Gasteiger partial charge in [0.15, 0.2) is 0 Å². The molecule has 1 heteroatoms. The Morgan fingerprint density at radius 3 is 1.24 bits per heavy atom. The highest BCUT2D eigenvalue weighted by Gasteiger charge is 2.19. The first-order chi connectivity index (χ1) is 25.3. The first kappa shape index (κ1) is 28.5. The Hall–Kier alpha value is -6.28. The summed E-state index contributed by atoms with van der Waals surface area (Å²) in [6, 6.07) is 67.4. The Labute approximate surface area is 299 Å². The highest BCUT2D eigenvalue weighted by Crippen LogP contribution is 2.47. The molecule has 0 saturated heterocycles. The van der Waals surface area contributed by atoms with E-state index in [1.165, 1.54) is 107 Å². The van der Waals surface area contributed by atoms with Crippen LogP contribution in [0.1, 0.15) is 0 Å². The van der Waals surface area contributed by atoms with Gasteiger partial charge in [0.05, 0.1) is 0 Å².